The van der Waals surface area contributed by atoms with Crippen molar-refractivity contribution in [3.63, 3.8) is 0 Å². The monoisotopic (exact) mass is 756 g/mol. The van der Waals surface area contributed by atoms with Gasteiger partial charge in [-0.2, -0.15) is 0 Å². The summed E-state index contributed by atoms with van der Waals surface area (Å²) in [6, 6.07) is 63.0. The van der Waals surface area contributed by atoms with Gasteiger partial charge in [-0.05, 0) is 108 Å². The van der Waals surface area contributed by atoms with E-state index in [0.29, 0.717) is 0 Å². The van der Waals surface area contributed by atoms with Gasteiger partial charge < -0.3 is 0 Å². The number of benzene rings is 9. The van der Waals surface area contributed by atoms with Crippen LogP contribution in [-0.2, 0) is 5.41 Å². The van der Waals surface area contributed by atoms with Gasteiger partial charge >= 0.3 is 0 Å². The minimum atomic E-state index is -0.131. The lowest BCUT2D eigenvalue weighted by Crippen LogP contribution is -2.15. The number of aromatic nitrogens is 2. The molecule has 2 aromatic heterocycles. The maximum Gasteiger partial charge on any atom is 0.0971 e. The molecule has 58 heavy (non-hydrogen) atoms. The van der Waals surface area contributed by atoms with Crippen LogP contribution in [0.1, 0.15) is 25.0 Å². The highest BCUT2D eigenvalue weighted by molar-refractivity contribution is 7.26. The topological polar surface area (TPSA) is 25.8 Å². The minimum absolute atomic E-state index is 0.131. The van der Waals surface area contributed by atoms with Crippen LogP contribution >= 0.6 is 11.3 Å². The van der Waals surface area contributed by atoms with E-state index < -0.39 is 0 Å². The molecule has 0 spiro atoms. The molecule has 0 radical (unpaired) electrons. The van der Waals surface area contributed by atoms with Crippen LogP contribution in [0.5, 0.6) is 0 Å². The first-order chi connectivity index (χ1) is 28.5. The van der Waals surface area contributed by atoms with Crippen molar-refractivity contribution in [2.45, 2.75) is 19.3 Å². The molecular formula is C55H36N2S. The fourth-order valence-corrected chi connectivity index (χ4v) is 10.8. The lowest BCUT2D eigenvalue weighted by molar-refractivity contribution is 0.661. The number of nitrogens with zero attached hydrogens (tertiary/aromatic N) is 2. The van der Waals surface area contributed by atoms with Gasteiger partial charge in [-0.25, -0.2) is 0 Å². The van der Waals surface area contributed by atoms with Gasteiger partial charge in [0, 0.05) is 48.8 Å². The van der Waals surface area contributed by atoms with Crippen molar-refractivity contribution in [2.75, 3.05) is 0 Å². The second-order valence-electron chi connectivity index (χ2n) is 16.1. The Morgan fingerprint density at radius 2 is 0.879 bits per heavy atom. The molecule has 9 aromatic carbocycles. The highest BCUT2D eigenvalue weighted by atomic mass is 32.1. The summed E-state index contributed by atoms with van der Waals surface area (Å²) in [6.07, 6.45) is 3.56. The predicted molar refractivity (Wildman–Crippen MR) is 247 cm³/mol. The third-order valence-electron chi connectivity index (χ3n) is 12.6. The Hall–Kier alpha value is -6.94. The van der Waals surface area contributed by atoms with Gasteiger partial charge in [-0.1, -0.05) is 153 Å². The summed E-state index contributed by atoms with van der Waals surface area (Å²) in [7, 11) is 0. The molecule has 0 bridgehead atoms. The van der Waals surface area contributed by atoms with Gasteiger partial charge in [-0.15, -0.1) is 11.3 Å². The first-order valence-electron chi connectivity index (χ1n) is 20.0. The Morgan fingerprint density at radius 1 is 0.362 bits per heavy atom. The first kappa shape index (κ1) is 33.2. The molecule has 3 heteroatoms. The molecule has 0 fully saturated rings. The van der Waals surface area contributed by atoms with E-state index >= 15 is 0 Å². The lowest BCUT2D eigenvalue weighted by atomic mass is 9.80. The van der Waals surface area contributed by atoms with Crippen LogP contribution in [0.2, 0.25) is 0 Å². The molecule has 0 aliphatic heterocycles. The van der Waals surface area contributed by atoms with E-state index in [0.717, 1.165) is 21.8 Å². The highest BCUT2D eigenvalue weighted by Gasteiger charge is 2.36. The summed E-state index contributed by atoms with van der Waals surface area (Å²) in [5, 5.41) is 7.34. The summed E-state index contributed by atoms with van der Waals surface area (Å²) in [4.78, 5) is 9.43. The highest BCUT2D eigenvalue weighted by Crippen LogP contribution is 2.51. The maximum absolute atomic E-state index is 4.73. The Labute approximate surface area is 340 Å². The van der Waals surface area contributed by atoms with Crippen LogP contribution in [-0.4, -0.2) is 9.97 Å². The minimum Gasteiger partial charge on any atom is -0.252 e. The Bertz CT molecular complexity index is 3450. The number of rotatable bonds is 4. The number of hydrogen-bond acceptors (Lipinski definition) is 3. The summed E-state index contributed by atoms with van der Waals surface area (Å²) in [5.74, 6) is 0. The Balaban J connectivity index is 0.863. The van der Waals surface area contributed by atoms with Crippen molar-refractivity contribution in [1.82, 2.24) is 9.97 Å². The fourth-order valence-electron chi connectivity index (χ4n) is 9.60. The number of hydrogen-bond donors (Lipinski definition) is 0. The second-order valence-corrected chi connectivity index (χ2v) is 17.2. The van der Waals surface area contributed by atoms with Crippen molar-refractivity contribution in [2.24, 2.45) is 0 Å². The van der Waals surface area contributed by atoms with Crippen molar-refractivity contribution < 1.29 is 0 Å². The molecule has 2 nitrogen and oxygen atoms in total. The van der Waals surface area contributed by atoms with Crippen LogP contribution in [0.25, 0.3) is 108 Å². The molecule has 12 rings (SSSR count). The SMILES string of the molecule is CC1(C)c2cc(-c3cccc(-c4ccc(-c5ccc6c(c5)c5ccccc5c5nccnc65)cc4)c3)ccc2-c2ccc(-c3cccc4c3sc3ccccc34)cc21. The summed E-state index contributed by atoms with van der Waals surface area (Å²) in [5.41, 5.74) is 17.1. The number of thiophene rings is 1. The van der Waals surface area contributed by atoms with E-state index in [4.69, 9.17) is 9.97 Å². The van der Waals surface area contributed by atoms with Gasteiger partial charge in [0.25, 0.3) is 0 Å². The summed E-state index contributed by atoms with van der Waals surface area (Å²) >= 11 is 1.90. The Kier molecular flexibility index (Phi) is 7.18. The average molecular weight is 757 g/mol. The third kappa shape index (κ3) is 4.97. The molecule has 0 N–H and O–H groups in total. The van der Waals surface area contributed by atoms with Crippen LogP contribution in [0, 0.1) is 0 Å². The molecule has 11 aromatic rings. The number of fused-ring (bicyclic) bond motifs is 12. The van der Waals surface area contributed by atoms with Crippen LogP contribution in [0.3, 0.4) is 0 Å². The van der Waals surface area contributed by atoms with E-state index in [1.54, 1.807) is 12.4 Å². The van der Waals surface area contributed by atoms with Gasteiger partial charge in [0.2, 0.25) is 0 Å². The fraction of sp³-hybridized carbons (Fsp3) is 0.0545. The van der Waals surface area contributed by atoms with Crippen LogP contribution in [0.15, 0.2) is 182 Å². The van der Waals surface area contributed by atoms with E-state index in [1.165, 1.54) is 97.7 Å². The van der Waals surface area contributed by atoms with Crippen LogP contribution in [0.4, 0.5) is 0 Å². The standard InChI is InChI=1S/C55H36N2S/c1-55(2)49-31-38(21-24-42(49)43-25-23-39(32-50(43)55)40-14-8-15-47-44-12-5-6-16-51(44)58-54(40)47)36-10-7-9-35(29-36)33-17-19-34(20-18-33)37-22-26-46-48(30-37)41-11-3-4-13-45(41)52-53(46)57-28-27-56-52/h3-32H,1-2H3. The summed E-state index contributed by atoms with van der Waals surface area (Å²) < 4.78 is 2.70. The molecule has 1 aliphatic rings. The molecule has 1 aliphatic carbocycles. The molecule has 0 amide bonds. The molecule has 272 valence electrons. The third-order valence-corrected chi connectivity index (χ3v) is 13.8. The van der Waals surface area contributed by atoms with Crippen molar-refractivity contribution in [1.29, 1.82) is 0 Å². The molecule has 2 heterocycles. The summed E-state index contributed by atoms with van der Waals surface area (Å²) in [6.45, 7) is 4.77. The molecule has 0 saturated heterocycles. The van der Waals surface area contributed by atoms with Gasteiger partial charge in [0.1, 0.15) is 0 Å². The zero-order chi connectivity index (χ0) is 38.5. The zero-order valence-corrected chi connectivity index (χ0v) is 32.9. The van der Waals surface area contributed by atoms with Crippen molar-refractivity contribution >= 4 is 64.1 Å². The molecule has 0 saturated carbocycles. The van der Waals surface area contributed by atoms with E-state index in [1.807, 2.05) is 11.3 Å². The average Bonchev–Trinajstić information content (AvgIpc) is 3.78. The molecule has 0 unspecified atom stereocenters. The van der Waals surface area contributed by atoms with E-state index in [2.05, 4.69) is 184 Å². The first-order valence-corrected chi connectivity index (χ1v) is 20.8. The quantitative estimate of drug-likeness (QED) is 0.167. The zero-order valence-electron chi connectivity index (χ0n) is 32.1. The van der Waals surface area contributed by atoms with Crippen molar-refractivity contribution in [3.8, 4) is 55.6 Å². The largest absolute Gasteiger partial charge is 0.252 e. The normalized spacial score (nSPS) is 13.1. The maximum atomic E-state index is 4.73. The Morgan fingerprint density at radius 3 is 1.62 bits per heavy atom. The van der Waals surface area contributed by atoms with E-state index in [9.17, 15) is 0 Å². The smallest absolute Gasteiger partial charge is 0.0971 e. The van der Waals surface area contributed by atoms with Crippen LogP contribution < -0.4 is 0 Å². The van der Waals surface area contributed by atoms with Gasteiger partial charge in [0.05, 0.1) is 11.0 Å². The second kappa shape index (κ2) is 12.5. The van der Waals surface area contributed by atoms with E-state index in [-0.39, 0.29) is 5.41 Å². The molecular weight excluding hydrogens is 721 g/mol. The molecule has 0 atom stereocenters. The van der Waals surface area contributed by atoms with Gasteiger partial charge in [-0.3, -0.25) is 9.97 Å². The predicted octanol–water partition coefficient (Wildman–Crippen LogP) is 15.3. The van der Waals surface area contributed by atoms with Crippen molar-refractivity contribution in [3.05, 3.63) is 193 Å². The lowest BCUT2D eigenvalue weighted by Gasteiger charge is -2.23. The van der Waals surface area contributed by atoms with Gasteiger partial charge in [0.15, 0.2) is 0 Å².